The molecule has 0 aromatic heterocycles. The lowest BCUT2D eigenvalue weighted by Crippen LogP contribution is -2.33. The van der Waals surface area contributed by atoms with Gasteiger partial charge in [0.15, 0.2) is 0 Å². The van der Waals surface area contributed by atoms with Crippen LogP contribution in [0.2, 0.25) is 5.02 Å². The summed E-state index contributed by atoms with van der Waals surface area (Å²) in [5, 5.41) is 14.1. The van der Waals surface area contributed by atoms with Crippen LogP contribution >= 0.6 is 11.6 Å². The van der Waals surface area contributed by atoms with Crippen molar-refractivity contribution < 1.29 is 9.94 Å². The van der Waals surface area contributed by atoms with Crippen molar-refractivity contribution >= 4 is 17.7 Å². The summed E-state index contributed by atoms with van der Waals surface area (Å²) in [7, 11) is 0. The van der Waals surface area contributed by atoms with E-state index >= 15 is 0 Å². The van der Waals surface area contributed by atoms with Crippen LogP contribution in [-0.4, -0.2) is 30.9 Å². The monoisotopic (exact) mass is 392 g/mol. The first-order chi connectivity index (χ1) is 13.2. The lowest BCUT2D eigenvalue weighted by atomic mass is 9.97. The molecule has 1 aliphatic carbocycles. The van der Waals surface area contributed by atoms with E-state index in [-0.39, 0.29) is 6.61 Å². The summed E-state index contributed by atoms with van der Waals surface area (Å²) in [6.45, 7) is 3.97. The van der Waals surface area contributed by atoms with E-state index in [2.05, 4.69) is 29.9 Å². The average Bonchev–Trinajstić information content (AvgIpc) is 2.68. The third-order valence-electron chi connectivity index (χ3n) is 4.60. The molecule has 1 aromatic carbocycles. The van der Waals surface area contributed by atoms with Crippen molar-refractivity contribution in [1.29, 1.82) is 0 Å². The van der Waals surface area contributed by atoms with Crippen molar-refractivity contribution in [2.75, 3.05) is 19.7 Å². The minimum atomic E-state index is -0.517. The van der Waals surface area contributed by atoms with Gasteiger partial charge in [0.2, 0.25) is 0 Å². The Labute approximate surface area is 168 Å². The summed E-state index contributed by atoms with van der Waals surface area (Å²) in [4.78, 5) is 5.55. The van der Waals surface area contributed by atoms with Gasteiger partial charge in [-0.05, 0) is 61.6 Å². The summed E-state index contributed by atoms with van der Waals surface area (Å²) in [5.74, 6) is 0. The molecule has 0 amide bonds. The molecule has 0 radical (unpaired) electrons. The SMILES string of the molecule is CCCCCCNC[C@@H](O)CONC1=CCCCC1=Cc1ccc(Cl)cc1. The highest BCUT2D eigenvalue weighted by molar-refractivity contribution is 6.30. The van der Waals surface area contributed by atoms with Gasteiger partial charge in [-0.2, -0.15) is 0 Å². The molecule has 0 heterocycles. The van der Waals surface area contributed by atoms with Crippen molar-refractivity contribution in [1.82, 2.24) is 10.8 Å². The number of rotatable bonds is 12. The van der Waals surface area contributed by atoms with Gasteiger partial charge in [0.05, 0.1) is 11.8 Å². The van der Waals surface area contributed by atoms with Crippen molar-refractivity contribution in [2.24, 2.45) is 0 Å². The summed E-state index contributed by atoms with van der Waals surface area (Å²) in [6, 6.07) is 7.82. The van der Waals surface area contributed by atoms with Gasteiger partial charge in [0.25, 0.3) is 0 Å². The Morgan fingerprint density at radius 3 is 2.81 bits per heavy atom. The third kappa shape index (κ3) is 8.93. The highest BCUT2D eigenvalue weighted by Gasteiger charge is 2.11. The van der Waals surface area contributed by atoms with Gasteiger partial charge in [-0.1, -0.05) is 56.0 Å². The largest absolute Gasteiger partial charge is 0.389 e. The van der Waals surface area contributed by atoms with Gasteiger partial charge in [-0.15, -0.1) is 0 Å². The molecule has 4 nitrogen and oxygen atoms in total. The summed E-state index contributed by atoms with van der Waals surface area (Å²) < 4.78 is 0. The predicted octanol–water partition coefficient (Wildman–Crippen LogP) is 4.84. The van der Waals surface area contributed by atoms with Crippen LogP contribution in [0.4, 0.5) is 0 Å². The Bertz CT molecular complexity index is 599. The number of unbranched alkanes of at least 4 members (excludes halogenated alkanes) is 3. The zero-order chi connectivity index (χ0) is 19.3. The molecule has 0 bridgehead atoms. The van der Waals surface area contributed by atoms with E-state index in [1.54, 1.807) is 0 Å². The maximum Gasteiger partial charge on any atom is 0.102 e. The first kappa shape index (κ1) is 22.0. The minimum absolute atomic E-state index is 0.257. The van der Waals surface area contributed by atoms with Gasteiger partial charge in [0, 0.05) is 11.6 Å². The number of benzene rings is 1. The Hall–Kier alpha value is -1.33. The van der Waals surface area contributed by atoms with E-state index in [0.29, 0.717) is 6.54 Å². The second-order valence-corrected chi connectivity index (χ2v) is 7.50. The molecule has 5 heteroatoms. The van der Waals surface area contributed by atoms with Crippen LogP contribution in [-0.2, 0) is 4.84 Å². The molecule has 0 spiro atoms. The Kier molecular flexibility index (Phi) is 10.5. The number of hydrogen-bond acceptors (Lipinski definition) is 4. The molecule has 0 unspecified atom stereocenters. The molecular weight excluding hydrogens is 360 g/mol. The Morgan fingerprint density at radius 1 is 1.22 bits per heavy atom. The zero-order valence-electron chi connectivity index (χ0n) is 16.3. The molecule has 150 valence electrons. The van der Waals surface area contributed by atoms with Gasteiger partial charge in [-0.3, -0.25) is 10.3 Å². The van der Waals surface area contributed by atoms with Crippen LogP contribution in [0.1, 0.15) is 57.4 Å². The fraction of sp³-hybridized carbons (Fsp3) is 0.545. The fourth-order valence-electron chi connectivity index (χ4n) is 3.04. The number of aliphatic hydroxyl groups is 1. The van der Waals surface area contributed by atoms with Crippen LogP contribution in [0.3, 0.4) is 0 Å². The molecule has 1 aliphatic rings. The first-order valence-corrected chi connectivity index (χ1v) is 10.5. The average molecular weight is 393 g/mol. The van der Waals surface area contributed by atoms with Crippen molar-refractivity contribution in [3.05, 3.63) is 52.2 Å². The summed E-state index contributed by atoms with van der Waals surface area (Å²) in [5.41, 5.74) is 6.36. The standard InChI is InChI=1S/C22H33ClN2O2/c1-2-3-4-7-14-24-16-21(26)17-27-25-22-9-6-5-8-19(22)15-18-10-12-20(23)13-11-18/h9-13,15,21,24-26H,2-8,14,16-17H2,1H3/t21-/m1/s1. The number of halogens is 1. The molecule has 1 atom stereocenters. The van der Waals surface area contributed by atoms with Crippen LogP contribution in [0, 0.1) is 0 Å². The summed E-state index contributed by atoms with van der Waals surface area (Å²) >= 11 is 5.96. The minimum Gasteiger partial charge on any atom is -0.389 e. The van der Waals surface area contributed by atoms with Crippen LogP contribution in [0.25, 0.3) is 6.08 Å². The van der Waals surface area contributed by atoms with E-state index in [0.717, 1.165) is 48.5 Å². The number of allylic oxidation sites excluding steroid dienone is 2. The van der Waals surface area contributed by atoms with Crippen LogP contribution in [0.15, 0.2) is 41.6 Å². The van der Waals surface area contributed by atoms with E-state index < -0.39 is 6.10 Å². The lowest BCUT2D eigenvalue weighted by Gasteiger charge is -2.20. The first-order valence-electron chi connectivity index (χ1n) is 10.1. The summed E-state index contributed by atoms with van der Waals surface area (Å²) in [6.07, 6.45) is 11.9. The Balaban J connectivity index is 1.71. The molecule has 2 rings (SSSR count). The molecule has 3 N–H and O–H groups in total. The van der Waals surface area contributed by atoms with E-state index in [1.807, 2.05) is 24.3 Å². The van der Waals surface area contributed by atoms with Gasteiger partial charge >= 0.3 is 0 Å². The second kappa shape index (κ2) is 12.9. The highest BCUT2D eigenvalue weighted by Crippen LogP contribution is 2.25. The topological polar surface area (TPSA) is 53.5 Å². The maximum atomic E-state index is 10.0. The lowest BCUT2D eigenvalue weighted by molar-refractivity contribution is -0.00451. The van der Waals surface area contributed by atoms with Crippen LogP contribution < -0.4 is 10.8 Å². The van der Waals surface area contributed by atoms with Gasteiger partial charge in [0.1, 0.15) is 6.61 Å². The van der Waals surface area contributed by atoms with Gasteiger partial charge < -0.3 is 10.4 Å². The number of hydroxylamine groups is 1. The van der Waals surface area contributed by atoms with Crippen LogP contribution in [0.5, 0.6) is 0 Å². The van der Waals surface area contributed by atoms with Crippen molar-refractivity contribution in [3.63, 3.8) is 0 Å². The molecular formula is C22H33ClN2O2. The predicted molar refractivity (Wildman–Crippen MR) is 113 cm³/mol. The molecule has 0 aliphatic heterocycles. The molecule has 0 saturated heterocycles. The van der Waals surface area contributed by atoms with E-state index in [9.17, 15) is 5.11 Å². The number of aliphatic hydroxyl groups excluding tert-OH is 1. The molecule has 0 saturated carbocycles. The third-order valence-corrected chi connectivity index (χ3v) is 4.85. The number of nitrogens with one attached hydrogen (secondary N) is 2. The smallest absolute Gasteiger partial charge is 0.102 e. The molecule has 27 heavy (non-hydrogen) atoms. The van der Waals surface area contributed by atoms with E-state index in [4.69, 9.17) is 16.4 Å². The normalized spacial score (nSPS) is 17.0. The van der Waals surface area contributed by atoms with Gasteiger partial charge in [-0.25, -0.2) is 0 Å². The number of hydrogen-bond donors (Lipinski definition) is 3. The second-order valence-electron chi connectivity index (χ2n) is 7.06. The Morgan fingerprint density at radius 2 is 2.04 bits per heavy atom. The fourth-order valence-corrected chi connectivity index (χ4v) is 3.17. The highest BCUT2D eigenvalue weighted by atomic mass is 35.5. The van der Waals surface area contributed by atoms with Crippen molar-refractivity contribution in [2.45, 2.75) is 58.0 Å². The quantitative estimate of drug-likeness (QED) is 0.352. The molecule has 1 aromatic rings. The maximum absolute atomic E-state index is 10.0. The van der Waals surface area contributed by atoms with Crippen molar-refractivity contribution in [3.8, 4) is 0 Å². The molecule has 0 fully saturated rings. The zero-order valence-corrected chi connectivity index (χ0v) is 17.1. The van der Waals surface area contributed by atoms with E-state index in [1.165, 1.54) is 24.8 Å².